The van der Waals surface area contributed by atoms with Gasteiger partial charge in [0.05, 0.1) is 18.6 Å². The second kappa shape index (κ2) is 14.7. The van der Waals surface area contributed by atoms with E-state index >= 15 is 0 Å². The third-order valence-corrected chi connectivity index (χ3v) is 9.05. The number of aryl methyl sites for hydroxylation is 1. The number of benzene rings is 3. The molecule has 0 spiro atoms. The zero-order valence-corrected chi connectivity index (χ0v) is 26.6. The molecule has 1 aromatic heterocycles. The average molecular weight is 688 g/mol. The molecule has 14 nitrogen and oxygen atoms in total. The fourth-order valence-electron chi connectivity index (χ4n) is 6.47. The smallest absolute Gasteiger partial charge is 0.327 e. The number of nitrogens with zero attached hydrogens (tertiary/aromatic N) is 2. The number of aromatic amines is 1. The van der Waals surface area contributed by atoms with Gasteiger partial charge in [-0.2, -0.15) is 0 Å². The number of aliphatic carboxylic acids is 1. The summed E-state index contributed by atoms with van der Waals surface area (Å²) >= 11 is 0. The van der Waals surface area contributed by atoms with Crippen molar-refractivity contribution in [2.24, 2.45) is 0 Å². The molecule has 2 aliphatic heterocycles. The van der Waals surface area contributed by atoms with Crippen molar-refractivity contribution >= 4 is 23.6 Å². The number of hydrogen-bond donors (Lipinski definition) is 8. The number of H-pyrrole nitrogens is 1. The van der Waals surface area contributed by atoms with Crippen molar-refractivity contribution in [2.75, 3.05) is 11.5 Å². The lowest BCUT2D eigenvalue weighted by Gasteiger charge is -2.39. The molecule has 1 fully saturated rings. The minimum absolute atomic E-state index is 0.0514. The Hall–Kier alpha value is -5.25. The number of phenolic OH excluding ortho intramolecular Hbond substituents is 2. The number of hydrogen-bond acceptors (Lipinski definition) is 11. The molecule has 14 heteroatoms. The number of carboxylic acids is 1. The minimum atomic E-state index is -1.78. The first-order valence-electron chi connectivity index (χ1n) is 16.0. The second-order valence-electron chi connectivity index (χ2n) is 12.3. The maximum atomic E-state index is 14.0. The van der Waals surface area contributed by atoms with Crippen LogP contribution in [0.2, 0.25) is 0 Å². The van der Waals surface area contributed by atoms with E-state index in [9.17, 15) is 45.3 Å². The van der Waals surface area contributed by atoms with Crippen LogP contribution >= 0.6 is 0 Å². The third kappa shape index (κ3) is 7.06. The normalized spacial score (nSPS) is 24.7. The summed E-state index contributed by atoms with van der Waals surface area (Å²) < 4.78 is 11.2. The van der Waals surface area contributed by atoms with Gasteiger partial charge < -0.3 is 50.2 Å². The van der Waals surface area contributed by atoms with Crippen LogP contribution in [0.4, 0.5) is 5.69 Å². The van der Waals surface area contributed by atoms with Crippen molar-refractivity contribution in [2.45, 2.75) is 61.9 Å². The van der Waals surface area contributed by atoms with E-state index in [0.29, 0.717) is 36.0 Å². The Bertz CT molecular complexity index is 1850. The number of aliphatic hydroxyl groups excluding tert-OH is 4. The monoisotopic (exact) mass is 687 g/mol. The highest BCUT2D eigenvalue weighted by Crippen LogP contribution is 2.48. The number of aromatic hydroxyl groups is 2. The summed E-state index contributed by atoms with van der Waals surface area (Å²) in [5.74, 6) is -3.41. The van der Waals surface area contributed by atoms with Crippen LogP contribution in [0.5, 0.6) is 17.2 Å². The summed E-state index contributed by atoms with van der Waals surface area (Å²) in [6, 6.07) is 15.4. The first kappa shape index (κ1) is 34.6. The lowest BCUT2D eigenvalue weighted by Crippen LogP contribution is -2.60. The standard InChI is InChI=1S/C36H37N3O11/c40-17-29-32(44)33(45)34(46)36(50-29)49-28-15-25-24(14-27(28)42)23(9-6-19-4-2-1-3-5-19)31(35(47)48)39(25)30(43)11-8-20-7-10-26(41)21(12-20)13-22-16-37-18-38-22/h1-5,7-8,10-12,14-16,18,23,29,31-34,36,40-42,44-46H,6,9,13,17H2,(H,37,38)(H,47,48). The number of rotatable bonds is 11. The molecule has 50 heavy (non-hydrogen) atoms. The zero-order valence-electron chi connectivity index (χ0n) is 26.6. The molecule has 7 atom stereocenters. The molecule has 0 bridgehead atoms. The van der Waals surface area contributed by atoms with Gasteiger partial charge in [0.1, 0.15) is 36.2 Å². The number of imidazole rings is 1. The Balaban J connectivity index is 1.34. The first-order chi connectivity index (χ1) is 24.0. The predicted molar refractivity (Wildman–Crippen MR) is 177 cm³/mol. The molecule has 0 radical (unpaired) electrons. The van der Waals surface area contributed by atoms with Gasteiger partial charge in [-0.05, 0) is 53.8 Å². The Labute approximate surface area is 286 Å². The van der Waals surface area contributed by atoms with Crippen LogP contribution < -0.4 is 9.64 Å². The van der Waals surface area contributed by atoms with E-state index in [4.69, 9.17) is 9.47 Å². The van der Waals surface area contributed by atoms with E-state index in [1.54, 1.807) is 18.3 Å². The second-order valence-corrected chi connectivity index (χ2v) is 12.3. The van der Waals surface area contributed by atoms with Gasteiger partial charge in [-0.3, -0.25) is 9.69 Å². The molecule has 262 valence electrons. The Morgan fingerprint density at radius 1 is 0.980 bits per heavy atom. The number of anilines is 1. The van der Waals surface area contributed by atoms with Crippen LogP contribution in [0.25, 0.3) is 6.08 Å². The van der Waals surface area contributed by atoms with E-state index < -0.39 is 66.9 Å². The summed E-state index contributed by atoms with van der Waals surface area (Å²) in [6.07, 6.45) is -1.08. The molecule has 3 aromatic carbocycles. The van der Waals surface area contributed by atoms with E-state index in [-0.39, 0.29) is 17.2 Å². The molecular formula is C36H37N3O11. The van der Waals surface area contributed by atoms with Gasteiger partial charge in [-0.1, -0.05) is 36.4 Å². The molecule has 0 aliphatic carbocycles. The highest BCUT2D eigenvalue weighted by molar-refractivity contribution is 6.09. The Morgan fingerprint density at radius 2 is 1.76 bits per heavy atom. The van der Waals surface area contributed by atoms with Crippen LogP contribution in [-0.4, -0.2) is 101 Å². The number of ether oxygens (including phenoxy) is 2. The van der Waals surface area contributed by atoms with Crippen LogP contribution in [0.15, 0.2) is 79.3 Å². The van der Waals surface area contributed by atoms with Crippen molar-refractivity contribution in [1.82, 2.24) is 9.97 Å². The summed E-state index contributed by atoms with van der Waals surface area (Å²) in [7, 11) is 0. The number of aromatic nitrogens is 2. The molecule has 1 saturated heterocycles. The molecule has 4 aromatic rings. The molecule has 7 unspecified atom stereocenters. The molecular weight excluding hydrogens is 650 g/mol. The number of amides is 1. The van der Waals surface area contributed by atoms with Gasteiger partial charge in [-0.15, -0.1) is 0 Å². The maximum absolute atomic E-state index is 14.0. The maximum Gasteiger partial charge on any atom is 0.327 e. The molecule has 0 saturated carbocycles. The number of nitrogens with one attached hydrogen (secondary N) is 1. The predicted octanol–water partition coefficient (Wildman–Crippen LogP) is 1.82. The van der Waals surface area contributed by atoms with Gasteiger partial charge >= 0.3 is 5.97 Å². The molecule has 2 aliphatic rings. The number of fused-ring (bicyclic) bond motifs is 1. The SMILES string of the molecule is O=C(O)C1C(CCc2ccccc2)c2cc(O)c(OC3OC(CO)C(O)C(O)C3O)cc2N1C(=O)C=Cc1ccc(O)c(Cc2cnc[nH]2)c1. The van der Waals surface area contributed by atoms with Crippen LogP contribution in [0, 0.1) is 0 Å². The molecule has 6 rings (SSSR count). The fraction of sp³-hybridized carbons (Fsp3) is 0.306. The fourth-order valence-corrected chi connectivity index (χ4v) is 6.47. The number of carbonyl (C=O) groups is 2. The van der Waals surface area contributed by atoms with Gasteiger partial charge in [0.25, 0.3) is 5.91 Å². The van der Waals surface area contributed by atoms with Crippen molar-refractivity contribution in [3.05, 3.63) is 107 Å². The van der Waals surface area contributed by atoms with Crippen molar-refractivity contribution in [1.29, 1.82) is 0 Å². The largest absolute Gasteiger partial charge is 0.508 e. The van der Waals surface area contributed by atoms with E-state index in [1.165, 1.54) is 36.7 Å². The first-order valence-corrected chi connectivity index (χ1v) is 16.0. The van der Waals surface area contributed by atoms with Crippen LogP contribution in [-0.2, 0) is 27.2 Å². The molecule has 1 amide bonds. The van der Waals surface area contributed by atoms with Gasteiger partial charge in [0, 0.05) is 41.9 Å². The van der Waals surface area contributed by atoms with Crippen molar-refractivity contribution in [3.8, 4) is 17.2 Å². The number of carbonyl (C=O) groups excluding carboxylic acids is 1. The quantitative estimate of drug-likeness (QED) is 0.106. The summed E-state index contributed by atoms with van der Waals surface area (Å²) in [4.78, 5) is 35.0. The highest BCUT2D eigenvalue weighted by Gasteiger charge is 2.48. The van der Waals surface area contributed by atoms with Gasteiger partial charge in [0.2, 0.25) is 6.29 Å². The Kier molecular flexibility index (Phi) is 10.2. The molecule has 8 N–H and O–H groups in total. The Morgan fingerprint density at radius 3 is 2.46 bits per heavy atom. The van der Waals surface area contributed by atoms with Gasteiger partial charge in [0.15, 0.2) is 11.5 Å². The number of aliphatic hydroxyl groups is 4. The summed E-state index contributed by atoms with van der Waals surface area (Å²) in [5, 5.41) is 72.5. The third-order valence-electron chi connectivity index (χ3n) is 9.05. The van der Waals surface area contributed by atoms with E-state index in [1.807, 2.05) is 30.3 Å². The van der Waals surface area contributed by atoms with Crippen molar-refractivity contribution < 1.29 is 54.8 Å². The average Bonchev–Trinajstić information content (AvgIpc) is 3.74. The summed E-state index contributed by atoms with van der Waals surface area (Å²) in [5.41, 5.74) is 3.36. The number of carboxylic acid groups (broad SMARTS) is 1. The lowest BCUT2D eigenvalue weighted by atomic mass is 9.88. The van der Waals surface area contributed by atoms with E-state index in [2.05, 4.69) is 9.97 Å². The topological polar surface area (TPSA) is 226 Å². The molecule has 3 heterocycles. The summed E-state index contributed by atoms with van der Waals surface area (Å²) in [6.45, 7) is -0.704. The van der Waals surface area contributed by atoms with Crippen LogP contribution in [0.1, 0.15) is 40.3 Å². The highest BCUT2D eigenvalue weighted by atomic mass is 16.7. The van der Waals surface area contributed by atoms with Gasteiger partial charge in [-0.25, -0.2) is 9.78 Å². The van der Waals surface area contributed by atoms with Crippen molar-refractivity contribution in [3.63, 3.8) is 0 Å². The number of phenols is 2. The van der Waals surface area contributed by atoms with E-state index in [0.717, 1.165) is 16.2 Å². The lowest BCUT2D eigenvalue weighted by molar-refractivity contribution is -0.277. The van der Waals surface area contributed by atoms with Crippen LogP contribution in [0.3, 0.4) is 0 Å². The minimum Gasteiger partial charge on any atom is -0.508 e. The zero-order chi connectivity index (χ0) is 35.5.